The maximum atomic E-state index is 8.01. The smallest absolute Gasteiger partial charge is 0.518 e. The molecule has 0 saturated heterocycles. The normalized spacial score (nSPS) is 11.8. The standard InChI is InChI=1S/C10H20NO.C8H18.C4H9O.U/c1-4-6-9(8-11)10(12-3)7-5-2;1-3-5-7-8-6-4-2;1-2-3-4-5;/h9-11H,4-7H2,1-3H3;3-8H2,1-2H3;3,5H,2,4H2,1H3;/q-1;;-1;+2. The molecule has 0 aliphatic rings. The van der Waals surface area contributed by atoms with Crippen molar-refractivity contribution in [3.8, 4) is 0 Å². The zero-order valence-electron chi connectivity index (χ0n) is 18.6. The molecule has 0 bridgehead atoms. The van der Waals surface area contributed by atoms with Crippen LogP contribution in [0, 0.1) is 48.9 Å². The average molecular weight is 596 g/mol. The van der Waals surface area contributed by atoms with Crippen LogP contribution in [0.4, 0.5) is 0 Å². The topological polar surface area (TPSA) is 53.3 Å². The third-order valence-electron chi connectivity index (χ3n) is 3.98. The second kappa shape index (κ2) is 33.2. The molecule has 0 aromatic carbocycles. The largest absolute Gasteiger partial charge is 2.00 e. The predicted molar refractivity (Wildman–Crippen MR) is 113 cm³/mol. The van der Waals surface area contributed by atoms with Gasteiger partial charge in [-0.15, -0.1) is 5.92 Å². The Morgan fingerprint density at radius 3 is 1.62 bits per heavy atom. The van der Waals surface area contributed by atoms with E-state index in [0.29, 0.717) is 0 Å². The van der Waals surface area contributed by atoms with Crippen LogP contribution in [-0.2, 0) is 4.74 Å². The van der Waals surface area contributed by atoms with Gasteiger partial charge in [-0.3, -0.25) is 0 Å². The molecule has 0 aromatic rings. The summed E-state index contributed by atoms with van der Waals surface area (Å²) in [5.74, 6) is 0.194. The van der Waals surface area contributed by atoms with E-state index in [2.05, 4.69) is 33.9 Å². The first-order valence-corrected chi connectivity index (χ1v) is 10.5. The molecule has 0 aromatic heterocycles. The van der Waals surface area contributed by atoms with E-state index in [9.17, 15) is 0 Å². The maximum absolute atomic E-state index is 8.01. The molecule has 0 spiro atoms. The Hall–Kier alpha value is 0.642. The van der Waals surface area contributed by atoms with Crippen LogP contribution in [0.2, 0.25) is 0 Å². The Bertz CT molecular complexity index is 220. The molecule has 0 heterocycles. The van der Waals surface area contributed by atoms with Gasteiger partial charge in [0.1, 0.15) is 0 Å². The predicted octanol–water partition coefficient (Wildman–Crippen LogP) is 6.70. The monoisotopic (exact) mass is 595 g/mol. The van der Waals surface area contributed by atoms with Gasteiger partial charge in [-0.05, 0) is 6.42 Å². The second-order valence-electron chi connectivity index (χ2n) is 6.40. The van der Waals surface area contributed by atoms with Crippen LogP contribution in [0.5, 0.6) is 0 Å². The minimum Gasteiger partial charge on any atom is -0.518 e. The van der Waals surface area contributed by atoms with Crippen molar-refractivity contribution in [3.05, 3.63) is 6.42 Å². The molecular formula is C22H47NO2U. The van der Waals surface area contributed by atoms with Crippen molar-refractivity contribution >= 4 is 6.21 Å². The number of aliphatic hydroxyl groups is 1. The molecule has 2 atom stereocenters. The number of nitrogens with one attached hydrogen (secondary N) is 1. The van der Waals surface area contributed by atoms with Gasteiger partial charge >= 0.3 is 31.1 Å². The first-order chi connectivity index (χ1) is 12.1. The van der Waals surface area contributed by atoms with Crippen molar-refractivity contribution in [1.82, 2.24) is 0 Å². The van der Waals surface area contributed by atoms with Crippen molar-refractivity contribution < 1.29 is 41.0 Å². The van der Waals surface area contributed by atoms with Crippen LogP contribution >= 0.6 is 0 Å². The Morgan fingerprint density at radius 2 is 1.38 bits per heavy atom. The Morgan fingerprint density at radius 1 is 0.885 bits per heavy atom. The molecule has 0 radical (unpaired) electrons. The van der Waals surface area contributed by atoms with Crippen molar-refractivity contribution in [3.63, 3.8) is 0 Å². The molecule has 0 aliphatic carbocycles. The number of unbranched alkanes of at least 4 members (excludes halogenated alkanes) is 6. The summed E-state index contributed by atoms with van der Waals surface area (Å²) in [6.07, 6.45) is 18.3. The minimum atomic E-state index is 0. The van der Waals surface area contributed by atoms with Crippen LogP contribution in [0.1, 0.15) is 105 Å². The van der Waals surface area contributed by atoms with E-state index in [-0.39, 0.29) is 49.7 Å². The molecule has 4 heteroatoms. The van der Waals surface area contributed by atoms with E-state index in [1.54, 1.807) is 13.5 Å². The fraction of sp³-hybridized carbons (Fsp3) is 0.909. The number of methoxy groups -OCH3 is 1. The van der Waals surface area contributed by atoms with Gasteiger partial charge in [0.2, 0.25) is 0 Å². The van der Waals surface area contributed by atoms with E-state index < -0.39 is 0 Å². The molecule has 26 heavy (non-hydrogen) atoms. The van der Waals surface area contributed by atoms with Crippen molar-refractivity contribution in [1.29, 1.82) is 5.41 Å². The summed E-state index contributed by atoms with van der Waals surface area (Å²) in [6, 6.07) is 0. The van der Waals surface area contributed by atoms with E-state index in [1.165, 1.54) is 38.5 Å². The van der Waals surface area contributed by atoms with Crippen LogP contribution in [0.15, 0.2) is 0 Å². The third kappa shape index (κ3) is 29.4. The van der Waals surface area contributed by atoms with Gasteiger partial charge in [0, 0.05) is 13.2 Å². The second-order valence-corrected chi connectivity index (χ2v) is 6.40. The molecule has 0 fully saturated rings. The SMILES string of the molecule is CCCC([C-]=N)C(CCC)OC.CCCCCCCC.CC[CH-]CO.[U+2]. The number of rotatable bonds is 14. The first kappa shape index (κ1) is 34.2. The van der Waals surface area contributed by atoms with E-state index in [1.807, 2.05) is 6.92 Å². The van der Waals surface area contributed by atoms with E-state index in [0.717, 1.165) is 32.1 Å². The zero-order valence-corrected chi connectivity index (χ0v) is 22.7. The van der Waals surface area contributed by atoms with Gasteiger partial charge in [0.15, 0.2) is 0 Å². The first-order valence-electron chi connectivity index (χ1n) is 10.5. The van der Waals surface area contributed by atoms with E-state index in [4.69, 9.17) is 15.3 Å². The van der Waals surface area contributed by atoms with Gasteiger partial charge < -0.3 is 27.9 Å². The molecule has 0 saturated carbocycles. The zero-order chi connectivity index (χ0) is 19.8. The maximum Gasteiger partial charge on any atom is 2.00 e. The summed E-state index contributed by atoms with van der Waals surface area (Å²) < 4.78 is 5.31. The van der Waals surface area contributed by atoms with Crippen LogP contribution in [0.3, 0.4) is 0 Å². The molecular weight excluding hydrogens is 548 g/mol. The van der Waals surface area contributed by atoms with Crippen LogP contribution in [-0.4, -0.2) is 31.1 Å². The summed E-state index contributed by atoms with van der Waals surface area (Å²) >= 11 is 0. The number of hydrogen-bond donors (Lipinski definition) is 2. The number of ether oxygens (including phenoxy) is 1. The van der Waals surface area contributed by atoms with Gasteiger partial charge in [-0.2, -0.15) is 6.42 Å². The molecule has 156 valence electrons. The van der Waals surface area contributed by atoms with Crippen molar-refractivity contribution in [2.75, 3.05) is 13.7 Å². The molecule has 2 N–H and O–H groups in total. The fourth-order valence-corrected chi connectivity index (χ4v) is 2.41. The van der Waals surface area contributed by atoms with Gasteiger partial charge in [-0.25, -0.2) is 0 Å². The van der Waals surface area contributed by atoms with Crippen molar-refractivity contribution in [2.45, 2.75) is 111 Å². The summed E-state index contributed by atoms with van der Waals surface area (Å²) in [5, 5.41) is 15.2. The van der Waals surface area contributed by atoms with Gasteiger partial charge in [0.05, 0.1) is 0 Å². The van der Waals surface area contributed by atoms with Crippen LogP contribution in [0.25, 0.3) is 0 Å². The summed E-state index contributed by atoms with van der Waals surface area (Å²) in [7, 11) is 1.72. The minimum absolute atomic E-state index is 0. The summed E-state index contributed by atoms with van der Waals surface area (Å²) in [4.78, 5) is 0. The number of aliphatic hydroxyl groups excluding tert-OH is 1. The van der Waals surface area contributed by atoms with E-state index >= 15 is 0 Å². The summed E-state index contributed by atoms with van der Waals surface area (Å²) in [6.45, 7) is 11.0. The van der Waals surface area contributed by atoms with Gasteiger partial charge in [0.25, 0.3) is 0 Å². The Balaban J connectivity index is -0.000000150. The Kier molecular flexibility index (Phi) is 43.7. The molecule has 3 nitrogen and oxygen atoms in total. The average Bonchev–Trinajstić information content (AvgIpc) is 2.63. The quantitative estimate of drug-likeness (QED) is 0.133. The number of hydrogen-bond acceptors (Lipinski definition) is 3. The van der Waals surface area contributed by atoms with Gasteiger partial charge in [-0.1, -0.05) is 99.0 Å². The fourth-order valence-electron chi connectivity index (χ4n) is 2.41. The molecule has 0 aliphatic heterocycles. The third-order valence-corrected chi connectivity index (χ3v) is 3.98. The molecule has 0 rings (SSSR count). The summed E-state index contributed by atoms with van der Waals surface area (Å²) in [5.41, 5.74) is 0. The Labute approximate surface area is 189 Å². The molecule has 0 amide bonds. The van der Waals surface area contributed by atoms with Crippen molar-refractivity contribution in [2.24, 2.45) is 5.92 Å². The molecule has 2 unspecified atom stereocenters. The van der Waals surface area contributed by atoms with Crippen LogP contribution < -0.4 is 0 Å².